The fourth-order valence-corrected chi connectivity index (χ4v) is 3.56. The molecule has 1 fully saturated rings. The van der Waals surface area contributed by atoms with Crippen LogP contribution in [0.25, 0.3) is 0 Å². The largest absolute Gasteiger partial charge is 0.378 e. The third-order valence-electron chi connectivity index (χ3n) is 5.15. The Morgan fingerprint density at radius 1 is 1.18 bits per heavy atom. The molecule has 2 aromatic rings. The number of amides is 1. The van der Waals surface area contributed by atoms with E-state index in [0.717, 1.165) is 37.2 Å². The van der Waals surface area contributed by atoms with Crippen molar-refractivity contribution in [3.8, 4) is 0 Å². The first-order valence-corrected chi connectivity index (χ1v) is 9.49. The number of benzene rings is 2. The number of hydrogen-bond acceptors (Lipinski definition) is 5. The lowest BCUT2D eigenvalue weighted by molar-refractivity contribution is -0.384. The highest BCUT2D eigenvalue weighted by Gasteiger charge is 2.24. The van der Waals surface area contributed by atoms with E-state index in [9.17, 15) is 14.9 Å². The van der Waals surface area contributed by atoms with Crippen LogP contribution in [0.5, 0.6) is 0 Å². The van der Waals surface area contributed by atoms with Gasteiger partial charge >= 0.3 is 0 Å². The van der Waals surface area contributed by atoms with Crippen LogP contribution in [0.15, 0.2) is 48.5 Å². The van der Waals surface area contributed by atoms with Gasteiger partial charge in [0.05, 0.1) is 11.0 Å². The molecule has 7 nitrogen and oxygen atoms in total. The number of nitrogens with one attached hydrogen (secondary N) is 1. The minimum absolute atomic E-state index is 0.0805. The van der Waals surface area contributed by atoms with E-state index in [4.69, 9.17) is 0 Å². The maximum Gasteiger partial charge on any atom is 0.270 e. The van der Waals surface area contributed by atoms with Gasteiger partial charge in [-0.15, -0.1) is 0 Å². The molecule has 28 heavy (non-hydrogen) atoms. The number of likely N-dealkylation sites (tertiary alicyclic amines) is 1. The van der Waals surface area contributed by atoms with E-state index in [2.05, 4.69) is 39.4 Å². The number of rotatable bonds is 7. The zero-order valence-corrected chi connectivity index (χ0v) is 16.3. The van der Waals surface area contributed by atoms with Crippen LogP contribution in [0.3, 0.4) is 0 Å². The zero-order chi connectivity index (χ0) is 20.1. The summed E-state index contributed by atoms with van der Waals surface area (Å²) >= 11 is 0. The van der Waals surface area contributed by atoms with E-state index in [0.29, 0.717) is 12.1 Å². The summed E-state index contributed by atoms with van der Waals surface area (Å²) in [5.74, 6) is -0.294. The molecule has 1 aliphatic heterocycles. The fraction of sp³-hybridized carbons (Fsp3) is 0.381. The van der Waals surface area contributed by atoms with Crippen molar-refractivity contribution in [2.24, 2.45) is 0 Å². The van der Waals surface area contributed by atoms with E-state index < -0.39 is 4.92 Å². The van der Waals surface area contributed by atoms with Gasteiger partial charge in [-0.3, -0.25) is 19.8 Å². The number of nitro groups is 1. The van der Waals surface area contributed by atoms with Gasteiger partial charge in [-0.2, -0.15) is 0 Å². The van der Waals surface area contributed by atoms with Gasteiger partial charge in [0.15, 0.2) is 0 Å². The normalized spacial score (nSPS) is 15.2. The molecule has 1 saturated heterocycles. The van der Waals surface area contributed by atoms with E-state index >= 15 is 0 Å². The molecule has 1 heterocycles. The molecule has 1 N–H and O–H groups in total. The van der Waals surface area contributed by atoms with E-state index in [1.807, 2.05) is 14.1 Å². The van der Waals surface area contributed by atoms with Crippen LogP contribution >= 0.6 is 0 Å². The molecule has 0 aliphatic carbocycles. The highest BCUT2D eigenvalue weighted by atomic mass is 16.6. The molecule has 2 aromatic carbocycles. The summed E-state index contributed by atoms with van der Waals surface area (Å²) in [7, 11) is 4.01. The Balaban J connectivity index is 1.74. The van der Waals surface area contributed by atoms with Crippen molar-refractivity contribution in [3.05, 3.63) is 69.8 Å². The Hall–Kier alpha value is -2.93. The van der Waals surface area contributed by atoms with Gasteiger partial charge in [0.1, 0.15) is 0 Å². The van der Waals surface area contributed by atoms with Crippen LogP contribution in [0, 0.1) is 10.1 Å². The Morgan fingerprint density at radius 3 is 2.46 bits per heavy atom. The maximum absolute atomic E-state index is 12.6. The number of non-ortho nitro benzene ring substituents is 1. The minimum Gasteiger partial charge on any atom is -0.378 e. The smallest absolute Gasteiger partial charge is 0.270 e. The lowest BCUT2D eigenvalue weighted by Gasteiger charge is -2.28. The Kier molecular flexibility index (Phi) is 6.26. The molecule has 0 spiro atoms. The summed E-state index contributed by atoms with van der Waals surface area (Å²) in [6, 6.07) is 14.3. The van der Waals surface area contributed by atoms with Crippen LogP contribution in [0.2, 0.25) is 0 Å². The molecule has 1 unspecified atom stereocenters. The molecule has 1 amide bonds. The molecule has 7 heteroatoms. The summed E-state index contributed by atoms with van der Waals surface area (Å²) in [6.07, 6.45) is 2.32. The summed E-state index contributed by atoms with van der Waals surface area (Å²) < 4.78 is 0. The molecule has 148 valence electrons. The van der Waals surface area contributed by atoms with Crippen molar-refractivity contribution in [2.45, 2.75) is 18.9 Å². The monoisotopic (exact) mass is 382 g/mol. The molecule has 0 saturated carbocycles. The van der Waals surface area contributed by atoms with Crippen LogP contribution in [0.4, 0.5) is 11.4 Å². The van der Waals surface area contributed by atoms with Crippen LogP contribution < -0.4 is 10.2 Å². The number of hydrogen-bond donors (Lipinski definition) is 1. The number of nitrogens with zero attached hydrogens (tertiary/aromatic N) is 3. The fourth-order valence-electron chi connectivity index (χ4n) is 3.56. The van der Waals surface area contributed by atoms with Crippen molar-refractivity contribution in [3.63, 3.8) is 0 Å². The van der Waals surface area contributed by atoms with Gasteiger partial charge in [0.2, 0.25) is 0 Å². The maximum atomic E-state index is 12.6. The number of anilines is 1. The van der Waals surface area contributed by atoms with Crippen LogP contribution in [0.1, 0.15) is 34.8 Å². The van der Waals surface area contributed by atoms with E-state index in [1.54, 1.807) is 6.07 Å². The molecule has 1 atom stereocenters. The first-order chi connectivity index (χ1) is 13.5. The van der Waals surface area contributed by atoms with Gasteiger partial charge in [0.25, 0.3) is 11.6 Å². The highest BCUT2D eigenvalue weighted by molar-refractivity contribution is 5.94. The molecule has 1 aliphatic rings. The molecule has 0 aromatic heterocycles. The van der Waals surface area contributed by atoms with Crippen molar-refractivity contribution >= 4 is 17.3 Å². The Morgan fingerprint density at radius 2 is 1.86 bits per heavy atom. The first-order valence-electron chi connectivity index (χ1n) is 9.49. The summed E-state index contributed by atoms with van der Waals surface area (Å²) in [5.41, 5.74) is 2.51. The predicted octanol–water partition coefficient (Wildman–Crippen LogP) is 3.23. The summed E-state index contributed by atoms with van der Waals surface area (Å²) in [4.78, 5) is 27.4. The number of carbonyl (C=O) groups is 1. The number of carbonyl (C=O) groups excluding carboxylic acids is 1. The van der Waals surface area contributed by atoms with Crippen molar-refractivity contribution < 1.29 is 9.72 Å². The SMILES string of the molecule is CN(C)c1ccc(C(CNC(=O)c2cccc([N+](=O)[O-])c2)N2CCCC2)cc1. The van der Waals surface area contributed by atoms with Crippen LogP contribution in [-0.2, 0) is 0 Å². The van der Waals surface area contributed by atoms with E-state index in [-0.39, 0.29) is 17.6 Å². The third kappa shape index (κ3) is 4.67. The van der Waals surface area contributed by atoms with Crippen molar-refractivity contribution in [1.29, 1.82) is 0 Å². The lowest BCUT2D eigenvalue weighted by Crippen LogP contribution is -2.36. The van der Waals surface area contributed by atoms with E-state index in [1.165, 1.54) is 18.2 Å². The second kappa shape index (κ2) is 8.84. The molecular formula is C21H26N4O3. The van der Waals surface area contributed by atoms with Crippen molar-refractivity contribution in [1.82, 2.24) is 10.2 Å². The molecule has 3 rings (SSSR count). The standard InChI is InChI=1S/C21H26N4O3/c1-23(2)18-10-8-16(9-11-18)20(24-12-3-4-13-24)15-22-21(26)17-6-5-7-19(14-17)25(27)28/h5-11,14,20H,3-4,12-13,15H2,1-2H3,(H,22,26). The second-order valence-corrected chi connectivity index (χ2v) is 7.26. The summed E-state index contributed by atoms with van der Waals surface area (Å²) in [5, 5.41) is 13.9. The minimum atomic E-state index is -0.490. The van der Waals surface area contributed by atoms with Crippen LogP contribution in [-0.4, -0.2) is 49.5 Å². The molecular weight excluding hydrogens is 356 g/mol. The Labute approximate surface area is 165 Å². The van der Waals surface area contributed by atoms with Gasteiger partial charge in [-0.1, -0.05) is 18.2 Å². The first kappa shape index (κ1) is 19.8. The molecule has 0 radical (unpaired) electrons. The van der Waals surface area contributed by atoms with Gasteiger partial charge in [-0.25, -0.2) is 0 Å². The summed E-state index contributed by atoms with van der Waals surface area (Å²) in [6.45, 7) is 2.47. The zero-order valence-electron chi connectivity index (χ0n) is 16.3. The topological polar surface area (TPSA) is 78.7 Å². The average Bonchev–Trinajstić information content (AvgIpc) is 3.23. The van der Waals surface area contributed by atoms with Gasteiger partial charge < -0.3 is 10.2 Å². The molecule has 0 bridgehead atoms. The number of nitro benzene ring substituents is 1. The second-order valence-electron chi connectivity index (χ2n) is 7.26. The van der Waals surface area contributed by atoms with Gasteiger partial charge in [-0.05, 0) is 49.7 Å². The predicted molar refractivity (Wildman–Crippen MR) is 110 cm³/mol. The highest BCUT2D eigenvalue weighted by Crippen LogP contribution is 2.26. The average molecular weight is 382 g/mol. The lowest BCUT2D eigenvalue weighted by atomic mass is 10.0. The Bertz CT molecular complexity index is 830. The van der Waals surface area contributed by atoms with Crippen molar-refractivity contribution in [2.75, 3.05) is 38.6 Å². The quantitative estimate of drug-likeness (QED) is 0.588. The third-order valence-corrected chi connectivity index (χ3v) is 5.15. The van der Waals surface area contributed by atoms with Gasteiger partial charge in [0, 0.05) is 44.0 Å².